The summed E-state index contributed by atoms with van der Waals surface area (Å²) in [5.74, 6) is 1.29. The largest absolute Gasteiger partial charge is 0.354 e. The van der Waals surface area contributed by atoms with Crippen molar-refractivity contribution in [3.63, 3.8) is 0 Å². The Morgan fingerprint density at radius 3 is 2.64 bits per heavy atom. The monoisotopic (exact) mass is 378 g/mol. The molecule has 1 amide bonds. The lowest BCUT2D eigenvalue weighted by Gasteiger charge is -2.34. The van der Waals surface area contributed by atoms with E-state index in [1.54, 1.807) is 41.6 Å². The topological polar surface area (TPSA) is 92.1 Å². The molecule has 0 bridgehead atoms. The first-order valence-corrected chi connectivity index (χ1v) is 9.18. The summed E-state index contributed by atoms with van der Waals surface area (Å²) in [4.78, 5) is 26.1. The van der Waals surface area contributed by atoms with Crippen molar-refractivity contribution in [1.82, 2.24) is 34.9 Å². The van der Waals surface area contributed by atoms with E-state index in [-0.39, 0.29) is 5.91 Å². The molecule has 3 aromatic rings. The van der Waals surface area contributed by atoms with Gasteiger partial charge in [-0.05, 0) is 25.2 Å². The first-order chi connectivity index (χ1) is 13.7. The zero-order valence-electron chi connectivity index (χ0n) is 15.7. The molecule has 3 aromatic heterocycles. The number of nitrogens with one attached hydrogen (secondary N) is 1. The van der Waals surface area contributed by atoms with E-state index < -0.39 is 0 Å². The van der Waals surface area contributed by atoms with Crippen LogP contribution < -0.4 is 10.2 Å². The molecule has 0 aliphatic carbocycles. The van der Waals surface area contributed by atoms with Gasteiger partial charge in [-0.1, -0.05) is 12.1 Å². The van der Waals surface area contributed by atoms with Crippen molar-refractivity contribution in [2.45, 2.75) is 6.54 Å². The smallest absolute Gasteiger partial charge is 0.270 e. The lowest BCUT2D eigenvalue weighted by Crippen LogP contribution is -2.45. The molecule has 0 aromatic carbocycles. The van der Waals surface area contributed by atoms with Crippen molar-refractivity contribution in [2.24, 2.45) is 0 Å². The van der Waals surface area contributed by atoms with E-state index in [2.05, 4.69) is 42.3 Å². The van der Waals surface area contributed by atoms with Gasteiger partial charge < -0.3 is 15.1 Å². The van der Waals surface area contributed by atoms with Crippen LogP contribution in [-0.4, -0.2) is 68.8 Å². The van der Waals surface area contributed by atoms with Crippen molar-refractivity contribution in [1.29, 1.82) is 0 Å². The number of rotatable bonds is 5. The molecule has 4 rings (SSSR count). The standard InChI is InChI=1S/C19H22N8O/c1-25-8-10-26(11-9-25)18-15(4-3-7-20-18)12-21-19(28)16-5-2-6-17(24-16)27-13-22-23-14-27/h2-7,13-14H,8-12H2,1H3,(H,21,28). The first-order valence-electron chi connectivity index (χ1n) is 9.18. The number of nitrogens with zero attached hydrogens (tertiary/aromatic N) is 7. The van der Waals surface area contributed by atoms with Crippen LogP contribution in [0.1, 0.15) is 16.1 Å². The zero-order valence-corrected chi connectivity index (χ0v) is 15.7. The van der Waals surface area contributed by atoms with E-state index >= 15 is 0 Å². The molecule has 0 unspecified atom stereocenters. The number of aromatic nitrogens is 5. The Morgan fingerprint density at radius 2 is 1.86 bits per heavy atom. The number of hydrogen-bond donors (Lipinski definition) is 1. The van der Waals surface area contributed by atoms with E-state index in [4.69, 9.17) is 0 Å². The minimum absolute atomic E-state index is 0.233. The lowest BCUT2D eigenvalue weighted by molar-refractivity contribution is 0.0946. The molecule has 9 heteroatoms. The van der Waals surface area contributed by atoms with Crippen molar-refractivity contribution in [2.75, 3.05) is 38.1 Å². The molecule has 0 atom stereocenters. The fourth-order valence-corrected chi connectivity index (χ4v) is 3.15. The summed E-state index contributed by atoms with van der Waals surface area (Å²) in [7, 11) is 2.12. The van der Waals surface area contributed by atoms with Crippen molar-refractivity contribution in [3.05, 3.63) is 60.4 Å². The number of carbonyl (C=O) groups excluding carboxylic acids is 1. The van der Waals surface area contributed by atoms with Crippen LogP contribution >= 0.6 is 0 Å². The third-order valence-corrected chi connectivity index (χ3v) is 4.76. The maximum Gasteiger partial charge on any atom is 0.270 e. The van der Waals surface area contributed by atoms with Crippen LogP contribution in [0.3, 0.4) is 0 Å². The molecule has 1 N–H and O–H groups in total. The van der Waals surface area contributed by atoms with Crippen LogP contribution in [0, 0.1) is 0 Å². The number of amides is 1. The second kappa shape index (κ2) is 8.13. The van der Waals surface area contributed by atoms with E-state index in [1.807, 2.05) is 12.1 Å². The molecule has 144 valence electrons. The number of piperazine rings is 1. The SMILES string of the molecule is CN1CCN(c2ncccc2CNC(=O)c2cccc(-n3cnnc3)n2)CC1. The van der Waals surface area contributed by atoms with Gasteiger partial charge in [-0.2, -0.15) is 0 Å². The Morgan fingerprint density at radius 1 is 1.07 bits per heavy atom. The van der Waals surface area contributed by atoms with Gasteiger partial charge in [0, 0.05) is 44.5 Å². The second-order valence-corrected chi connectivity index (χ2v) is 6.71. The van der Waals surface area contributed by atoms with E-state index in [9.17, 15) is 4.79 Å². The molecule has 1 fully saturated rings. The number of pyridine rings is 2. The number of likely N-dealkylation sites (N-methyl/N-ethyl adjacent to an activating group) is 1. The van der Waals surface area contributed by atoms with Gasteiger partial charge in [-0.15, -0.1) is 10.2 Å². The minimum Gasteiger partial charge on any atom is -0.354 e. The third kappa shape index (κ3) is 3.99. The molecule has 0 saturated carbocycles. The molecule has 4 heterocycles. The highest BCUT2D eigenvalue weighted by atomic mass is 16.1. The number of anilines is 1. The maximum absolute atomic E-state index is 12.6. The molecule has 9 nitrogen and oxygen atoms in total. The molecule has 1 aliphatic heterocycles. The summed E-state index contributed by atoms with van der Waals surface area (Å²) in [5.41, 5.74) is 1.34. The van der Waals surface area contributed by atoms with Gasteiger partial charge in [0.1, 0.15) is 30.0 Å². The Balaban J connectivity index is 1.45. The zero-order chi connectivity index (χ0) is 19.3. The van der Waals surface area contributed by atoms with E-state index in [1.165, 1.54) is 0 Å². The van der Waals surface area contributed by atoms with Crippen LogP contribution in [0.25, 0.3) is 5.82 Å². The Hall–Kier alpha value is -3.33. The molecular formula is C19H22N8O. The van der Waals surface area contributed by atoms with Crippen LogP contribution in [0.4, 0.5) is 5.82 Å². The maximum atomic E-state index is 12.6. The minimum atomic E-state index is -0.233. The van der Waals surface area contributed by atoms with E-state index in [0.717, 1.165) is 37.6 Å². The summed E-state index contributed by atoms with van der Waals surface area (Å²) in [6.07, 6.45) is 4.88. The Bertz CT molecular complexity index is 935. The number of carbonyl (C=O) groups is 1. The second-order valence-electron chi connectivity index (χ2n) is 6.71. The summed E-state index contributed by atoms with van der Waals surface area (Å²) >= 11 is 0. The van der Waals surface area contributed by atoms with Gasteiger partial charge >= 0.3 is 0 Å². The van der Waals surface area contributed by atoms with Gasteiger partial charge in [0.2, 0.25) is 0 Å². The highest BCUT2D eigenvalue weighted by Crippen LogP contribution is 2.18. The molecular weight excluding hydrogens is 356 g/mol. The van der Waals surface area contributed by atoms with E-state index in [0.29, 0.717) is 18.1 Å². The van der Waals surface area contributed by atoms with Crippen LogP contribution in [-0.2, 0) is 6.54 Å². The quantitative estimate of drug-likeness (QED) is 0.700. The summed E-state index contributed by atoms with van der Waals surface area (Å²) < 4.78 is 1.66. The first kappa shape index (κ1) is 18.1. The van der Waals surface area contributed by atoms with Gasteiger partial charge in [0.15, 0.2) is 0 Å². The van der Waals surface area contributed by atoms with Crippen molar-refractivity contribution < 1.29 is 4.79 Å². The normalized spacial score (nSPS) is 14.8. The molecule has 1 saturated heterocycles. The fourth-order valence-electron chi connectivity index (χ4n) is 3.15. The Kier molecular flexibility index (Phi) is 5.24. The predicted molar refractivity (Wildman–Crippen MR) is 104 cm³/mol. The summed E-state index contributed by atoms with van der Waals surface area (Å²) in [6, 6.07) is 9.17. The fraction of sp³-hybridized carbons (Fsp3) is 0.316. The average molecular weight is 378 g/mol. The molecule has 28 heavy (non-hydrogen) atoms. The highest BCUT2D eigenvalue weighted by molar-refractivity contribution is 5.92. The van der Waals surface area contributed by atoms with Crippen LogP contribution in [0.15, 0.2) is 49.2 Å². The van der Waals surface area contributed by atoms with Crippen LogP contribution in [0.5, 0.6) is 0 Å². The third-order valence-electron chi connectivity index (χ3n) is 4.76. The number of hydrogen-bond acceptors (Lipinski definition) is 7. The van der Waals surface area contributed by atoms with Gasteiger partial charge in [0.25, 0.3) is 5.91 Å². The van der Waals surface area contributed by atoms with Crippen molar-refractivity contribution in [3.8, 4) is 5.82 Å². The van der Waals surface area contributed by atoms with Crippen molar-refractivity contribution >= 4 is 11.7 Å². The molecule has 0 radical (unpaired) electrons. The highest BCUT2D eigenvalue weighted by Gasteiger charge is 2.18. The average Bonchev–Trinajstić information content (AvgIpc) is 3.28. The van der Waals surface area contributed by atoms with Gasteiger partial charge in [-0.3, -0.25) is 9.36 Å². The Labute approximate surface area is 163 Å². The van der Waals surface area contributed by atoms with Gasteiger partial charge in [-0.25, -0.2) is 9.97 Å². The van der Waals surface area contributed by atoms with Crippen LogP contribution in [0.2, 0.25) is 0 Å². The molecule has 0 spiro atoms. The predicted octanol–water partition coefficient (Wildman–Crippen LogP) is 0.739. The molecule has 1 aliphatic rings. The van der Waals surface area contributed by atoms with Gasteiger partial charge in [0.05, 0.1) is 0 Å². The lowest BCUT2D eigenvalue weighted by atomic mass is 10.2. The summed E-state index contributed by atoms with van der Waals surface area (Å²) in [6.45, 7) is 4.26. The summed E-state index contributed by atoms with van der Waals surface area (Å²) in [5, 5.41) is 10.5.